The standard InChI is InChI=1S/C10H9NO4/c11-8(12)7-3-6-4-1-2-5(6)10(14-7)15-9(4)13/h1-6,10H,(H2,11,12)/t4-,5+,6-,10-/m0/s1. The molecule has 1 saturated heterocycles. The monoisotopic (exact) mass is 207 g/mol. The van der Waals surface area contributed by atoms with Gasteiger partial charge in [-0.15, -0.1) is 0 Å². The molecule has 0 unspecified atom stereocenters. The summed E-state index contributed by atoms with van der Waals surface area (Å²) in [4.78, 5) is 22.4. The highest BCUT2D eigenvalue weighted by molar-refractivity contribution is 5.90. The number of amides is 1. The average molecular weight is 207 g/mol. The molecule has 3 aliphatic rings. The molecule has 2 heterocycles. The van der Waals surface area contributed by atoms with Gasteiger partial charge in [0, 0.05) is 5.92 Å². The number of hydrogen-bond acceptors (Lipinski definition) is 4. The van der Waals surface area contributed by atoms with Gasteiger partial charge < -0.3 is 15.2 Å². The van der Waals surface area contributed by atoms with Crippen molar-refractivity contribution in [3.8, 4) is 0 Å². The zero-order valence-corrected chi connectivity index (χ0v) is 7.75. The van der Waals surface area contributed by atoms with E-state index in [1.54, 1.807) is 6.08 Å². The lowest BCUT2D eigenvalue weighted by Crippen LogP contribution is -2.45. The Bertz CT molecular complexity index is 412. The molecule has 0 saturated carbocycles. The molecule has 2 N–H and O–H groups in total. The van der Waals surface area contributed by atoms with Crippen LogP contribution in [0.2, 0.25) is 0 Å². The number of nitrogens with two attached hydrogens (primary N) is 1. The van der Waals surface area contributed by atoms with Crippen LogP contribution in [0.3, 0.4) is 0 Å². The Balaban J connectivity index is 2.03. The third-order valence-electron chi connectivity index (χ3n) is 3.05. The van der Waals surface area contributed by atoms with Crippen LogP contribution in [0.1, 0.15) is 0 Å². The van der Waals surface area contributed by atoms with E-state index in [9.17, 15) is 9.59 Å². The van der Waals surface area contributed by atoms with Crippen LogP contribution in [0.15, 0.2) is 24.0 Å². The minimum atomic E-state index is -0.690. The summed E-state index contributed by atoms with van der Waals surface area (Å²) < 4.78 is 10.3. The predicted molar refractivity (Wildman–Crippen MR) is 47.9 cm³/mol. The molecule has 3 rings (SSSR count). The van der Waals surface area contributed by atoms with Crippen molar-refractivity contribution in [3.05, 3.63) is 24.0 Å². The molecule has 4 bridgehead atoms. The molecule has 0 aromatic heterocycles. The van der Waals surface area contributed by atoms with E-state index in [1.165, 1.54) is 0 Å². The number of primary amides is 1. The lowest BCUT2D eigenvalue weighted by atomic mass is 9.83. The highest BCUT2D eigenvalue weighted by Crippen LogP contribution is 2.44. The molecule has 2 aliphatic heterocycles. The van der Waals surface area contributed by atoms with Gasteiger partial charge in [-0.25, -0.2) is 0 Å². The van der Waals surface area contributed by atoms with Crippen LogP contribution in [0.5, 0.6) is 0 Å². The topological polar surface area (TPSA) is 78.6 Å². The number of hydrogen-bond donors (Lipinski definition) is 1. The first-order valence-electron chi connectivity index (χ1n) is 4.74. The largest absolute Gasteiger partial charge is 0.449 e. The average Bonchev–Trinajstić information content (AvgIpc) is 2.51. The van der Waals surface area contributed by atoms with E-state index in [2.05, 4.69) is 0 Å². The summed E-state index contributed by atoms with van der Waals surface area (Å²) in [5.41, 5.74) is 5.12. The van der Waals surface area contributed by atoms with Crippen molar-refractivity contribution in [1.82, 2.24) is 0 Å². The Hall–Kier alpha value is -1.78. The van der Waals surface area contributed by atoms with Gasteiger partial charge in [0.1, 0.15) is 0 Å². The van der Waals surface area contributed by atoms with Crippen LogP contribution >= 0.6 is 0 Å². The molecule has 1 aliphatic carbocycles. The maximum absolute atomic E-state index is 11.4. The maximum Gasteiger partial charge on any atom is 0.316 e. The SMILES string of the molecule is NC(=O)C1=C[C@@H]2[C@H]3C=C[C@@H]2C(=O)O[C@@H]3O1. The van der Waals surface area contributed by atoms with Crippen LogP contribution in [0.4, 0.5) is 0 Å². The number of rotatable bonds is 1. The highest BCUT2D eigenvalue weighted by Gasteiger charge is 2.50. The van der Waals surface area contributed by atoms with E-state index in [-0.39, 0.29) is 29.5 Å². The number of carbonyl (C=O) groups excluding carboxylic acids is 2. The van der Waals surface area contributed by atoms with Crippen LogP contribution in [0, 0.1) is 17.8 Å². The van der Waals surface area contributed by atoms with E-state index in [0.29, 0.717) is 0 Å². The van der Waals surface area contributed by atoms with E-state index in [4.69, 9.17) is 15.2 Å². The van der Waals surface area contributed by atoms with Gasteiger partial charge in [-0.3, -0.25) is 9.59 Å². The molecule has 4 atom stereocenters. The maximum atomic E-state index is 11.4. The van der Waals surface area contributed by atoms with Crippen molar-refractivity contribution in [2.24, 2.45) is 23.5 Å². The summed E-state index contributed by atoms with van der Waals surface area (Å²) in [5.74, 6) is -1.12. The minimum Gasteiger partial charge on any atom is -0.449 e. The van der Waals surface area contributed by atoms with Crippen LogP contribution in [-0.2, 0) is 19.1 Å². The third-order valence-corrected chi connectivity index (χ3v) is 3.05. The Labute approximate surface area is 85.5 Å². The Kier molecular flexibility index (Phi) is 1.49. The number of ether oxygens (including phenoxy) is 2. The molecule has 78 valence electrons. The van der Waals surface area contributed by atoms with Gasteiger partial charge in [-0.05, 0) is 6.08 Å². The molecule has 5 heteroatoms. The first-order chi connectivity index (χ1) is 7.16. The van der Waals surface area contributed by atoms with Crippen molar-refractivity contribution in [1.29, 1.82) is 0 Å². The first-order valence-corrected chi connectivity index (χ1v) is 4.74. The van der Waals surface area contributed by atoms with E-state index in [1.807, 2.05) is 12.2 Å². The molecular weight excluding hydrogens is 198 g/mol. The lowest BCUT2D eigenvalue weighted by Gasteiger charge is -2.37. The summed E-state index contributed by atoms with van der Waals surface area (Å²) >= 11 is 0. The molecule has 0 aromatic carbocycles. The van der Waals surface area contributed by atoms with Crippen molar-refractivity contribution >= 4 is 11.9 Å². The molecule has 0 radical (unpaired) electrons. The highest BCUT2D eigenvalue weighted by atomic mass is 16.7. The van der Waals surface area contributed by atoms with Crippen molar-refractivity contribution in [2.75, 3.05) is 0 Å². The van der Waals surface area contributed by atoms with Crippen LogP contribution < -0.4 is 5.73 Å². The van der Waals surface area contributed by atoms with Gasteiger partial charge in [0.2, 0.25) is 0 Å². The van der Waals surface area contributed by atoms with Crippen molar-refractivity contribution in [2.45, 2.75) is 6.29 Å². The van der Waals surface area contributed by atoms with Gasteiger partial charge >= 0.3 is 5.97 Å². The fourth-order valence-electron chi connectivity index (χ4n) is 2.32. The van der Waals surface area contributed by atoms with Gasteiger partial charge in [-0.1, -0.05) is 12.2 Å². The second-order valence-corrected chi connectivity index (χ2v) is 3.88. The predicted octanol–water partition coefficient (Wildman–Crippen LogP) is -0.313. The zero-order valence-electron chi connectivity index (χ0n) is 7.75. The van der Waals surface area contributed by atoms with Gasteiger partial charge in [0.05, 0.1) is 11.8 Å². The quantitative estimate of drug-likeness (QED) is 0.472. The number of carbonyl (C=O) groups is 2. The van der Waals surface area contributed by atoms with Crippen LogP contribution in [-0.4, -0.2) is 18.2 Å². The lowest BCUT2D eigenvalue weighted by molar-refractivity contribution is -0.203. The minimum absolute atomic E-state index is 0.0239. The second kappa shape index (κ2) is 2.62. The summed E-state index contributed by atoms with van der Waals surface area (Å²) in [7, 11) is 0. The van der Waals surface area contributed by atoms with E-state index >= 15 is 0 Å². The summed E-state index contributed by atoms with van der Waals surface area (Å²) in [6, 6.07) is 0. The summed E-state index contributed by atoms with van der Waals surface area (Å²) in [6.45, 7) is 0. The Morgan fingerprint density at radius 3 is 2.80 bits per heavy atom. The first kappa shape index (κ1) is 8.52. The van der Waals surface area contributed by atoms with Crippen molar-refractivity contribution < 1.29 is 19.1 Å². The van der Waals surface area contributed by atoms with Gasteiger partial charge in [0.25, 0.3) is 12.2 Å². The third kappa shape index (κ3) is 1.03. The van der Waals surface area contributed by atoms with Gasteiger partial charge in [-0.2, -0.15) is 0 Å². The van der Waals surface area contributed by atoms with E-state index < -0.39 is 12.2 Å². The fourth-order valence-corrected chi connectivity index (χ4v) is 2.32. The molecular formula is C10H9NO4. The molecule has 0 spiro atoms. The van der Waals surface area contributed by atoms with Crippen molar-refractivity contribution in [3.63, 3.8) is 0 Å². The molecule has 15 heavy (non-hydrogen) atoms. The molecule has 1 fully saturated rings. The smallest absolute Gasteiger partial charge is 0.316 e. The number of allylic oxidation sites excluding steroid dienone is 1. The Morgan fingerprint density at radius 2 is 2.07 bits per heavy atom. The molecule has 0 aromatic rings. The molecule has 1 amide bonds. The normalized spacial score (nSPS) is 40.5. The zero-order chi connectivity index (χ0) is 10.6. The second-order valence-electron chi connectivity index (χ2n) is 3.88. The summed E-state index contributed by atoms with van der Waals surface area (Å²) in [6.07, 6.45) is 4.65. The molecule has 5 nitrogen and oxygen atoms in total. The van der Waals surface area contributed by atoms with Gasteiger partial charge in [0.15, 0.2) is 5.76 Å². The summed E-state index contributed by atoms with van der Waals surface area (Å²) in [5, 5.41) is 0. The Morgan fingerprint density at radius 1 is 1.27 bits per heavy atom. The number of esters is 1. The van der Waals surface area contributed by atoms with Crippen LogP contribution in [0.25, 0.3) is 0 Å². The fraction of sp³-hybridized carbons (Fsp3) is 0.400. The van der Waals surface area contributed by atoms with E-state index in [0.717, 1.165) is 0 Å².